The second-order valence-corrected chi connectivity index (χ2v) is 8.47. The van der Waals surface area contributed by atoms with Crippen LogP contribution in [0.2, 0.25) is 0 Å². The zero-order chi connectivity index (χ0) is 17.6. The Morgan fingerprint density at radius 3 is 2.08 bits per heavy atom. The van der Waals surface area contributed by atoms with E-state index in [1.807, 2.05) is 12.1 Å². The summed E-state index contributed by atoms with van der Waals surface area (Å²) in [6.07, 6.45) is 8.02. The van der Waals surface area contributed by atoms with E-state index in [1.165, 1.54) is 44.1 Å². The number of carboxylic acid groups (broad SMARTS) is 1. The molecule has 134 valence electrons. The Labute approximate surface area is 148 Å². The monoisotopic (exact) mass is 342 g/mol. The molecule has 1 amide bonds. The summed E-state index contributed by atoms with van der Waals surface area (Å²) in [4.78, 5) is 22.6. The Bertz CT molecular complexity index is 647. The van der Waals surface area contributed by atoms with Crippen LogP contribution in [0.1, 0.15) is 50.5 Å². The van der Waals surface area contributed by atoms with Gasteiger partial charge in [-0.3, -0.25) is 9.59 Å². The van der Waals surface area contributed by atoms with Crippen LogP contribution in [0.5, 0.6) is 0 Å². The number of rotatable bonds is 5. The molecular formula is C20H26N2O3. The first-order chi connectivity index (χ1) is 11.9. The lowest BCUT2D eigenvalue weighted by atomic mass is 9.48. The lowest BCUT2D eigenvalue weighted by Gasteiger charge is -2.57. The molecule has 4 bridgehead atoms. The van der Waals surface area contributed by atoms with E-state index in [-0.39, 0.29) is 12.3 Å². The summed E-state index contributed by atoms with van der Waals surface area (Å²) in [5.74, 6) is 1.19. The third-order valence-electron chi connectivity index (χ3n) is 6.54. The minimum Gasteiger partial charge on any atom is -0.480 e. The van der Waals surface area contributed by atoms with Crippen molar-refractivity contribution in [3.8, 4) is 0 Å². The van der Waals surface area contributed by atoms with Gasteiger partial charge in [-0.1, -0.05) is 12.1 Å². The number of nitrogens with one attached hydrogen (secondary N) is 1. The molecule has 1 atom stereocenters. The number of anilines is 1. The zero-order valence-corrected chi connectivity index (χ0v) is 14.4. The van der Waals surface area contributed by atoms with Crippen molar-refractivity contribution in [2.45, 2.75) is 56.4 Å². The highest BCUT2D eigenvalue weighted by molar-refractivity contribution is 5.93. The van der Waals surface area contributed by atoms with Crippen LogP contribution >= 0.6 is 0 Å². The quantitative estimate of drug-likeness (QED) is 0.767. The predicted molar refractivity (Wildman–Crippen MR) is 95.1 cm³/mol. The number of carboxylic acids is 1. The predicted octanol–water partition coefficient (Wildman–Crippen LogP) is 2.89. The minimum atomic E-state index is -1.16. The number of carbonyl (C=O) groups excluding carboxylic acids is 1. The van der Waals surface area contributed by atoms with E-state index in [0.29, 0.717) is 11.1 Å². The average Bonchev–Trinajstić information content (AvgIpc) is 2.53. The molecule has 0 unspecified atom stereocenters. The summed E-state index contributed by atoms with van der Waals surface area (Å²) in [6, 6.07) is 7.03. The second-order valence-electron chi connectivity index (χ2n) is 8.47. The molecule has 4 aliphatic carbocycles. The van der Waals surface area contributed by atoms with Crippen molar-refractivity contribution in [3.63, 3.8) is 0 Å². The van der Waals surface area contributed by atoms with Gasteiger partial charge < -0.3 is 16.2 Å². The smallest absolute Gasteiger partial charge is 0.321 e. The van der Waals surface area contributed by atoms with Crippen molar-refractivity contribution in [1.82, 2.24) is 0 Å². The third-order valence-corrected chi connectivity index (χ3v) is 6.54. The van der Waals surface area contributed by atoms with E-state index in [1.54, 1.807) is 0 Å². The van der Waals surface area contributed by atoms with Gasteiger partial charge in [0, 0.05) is 5.69 Å². The largest absolute Gasteiger partial charge is 0.480 e. The molecular weight excluding hydrogens is 316 g/mol. The fraction of sp³-hybridized carbons (Fsp3) is 0.600. The number of aliphatic carboxylic acids is 1. The van der Waals surface area contributed by atoms with Gasteiger partial charge in [0.05, 0.1) is 6.42 Å². The SMILES string of the molecule is N[C@@H](CC(=O)Nc1ccc(C23CC4CC(CC(C4)C2)C3)cc1)C(=O)O. The Balaban J connectivity index is 1.44. The Kier molecular flexibility index (Phi) is 4.07. The highest BCUT2D eigenvalue weighted by Crippen LogP contribution is 2.60. The minimum absolute atomic E-state index is 0.216. The van der Waals surface area contributed by atoms with E-state index in [0.717, 1.165) is 17.8 Å². The van der Waals surface area contributed by atoms with Crippen LogP contribution in [0.25, 0.3) is 0 Å². The van der Waals surface area contributed by atoms with Gasteiger partial charge in [0.1, 0.15) is 6.04 Å². The lowest BCUT2D eigenvalue weighted by molar-refractivity contribution is -0.140. The van der Waals surface area contributed by atoms with Gasteiger partial charge in [0.15, 0.2) is 0 Å². The maximum Gasteiger partial charge on any atom is 0.321 e. The van der Waals surface area contributed by atoms with Gasteiger partial charge in [-0.25, -0.2) is 0 Å². The first-order valence-corrected chi connectivity index (χ1v) is 9.32. The molecule has 1 aromatic rings. The van der Waals surface area contributed by atoms with Gasteiger partial charge in [0.25, 0.3) is 0 Å². The number of hydrogen-bond acceptors (Lipinski definition) is 3. The zero-order valence-electron chi connectivity index (χ0n) is 14.4. The molecule has 0 radical (unpaired) electrons. The second kappa shape index (κ2) is 6.13. The Morgan fingerprint density at radius 2 is 1.60 bits per heavy atom. The molecule has 0 spiro atoms. The summed E-state index contributed by atoms with van der Waals surface area (Å²) < 4.78 is 0. The van der Waals surface area contributed by atoms with Crippen molar-refractivity contribution < 1.29 is 14.7 Å². The summed E-state index contributed by atoms with van der Waals surface area (Å²) in [7, 11) is 0. The standard InChI is InChI=1S/C20H26N2O3/c21-17(19(24)25)8-18(23)22-16-3-1-15(2-4-16)20-9-12-5-13(10-20)7-14(6-12)11-20/h1-4,12-14,17H,5-11,21H2,(H,22,23)(H,24,25)/t12?,13?,14?,17-,20?/m0/s1. The lowest BCUT2D eigenvalue weighted by Crippen LogP contribution is -2.48. The fourth-order valence-corrected chi connectivity index (χ4v) is 5.87. The normalized spacial score (nSPS) is 33.9. The van der Waals surface area contributed by atoms with Crippen LogP contribution in [0.4, 0.5) is 5.69 Å². The molecule has 4 N–H and O–H groups in total. The molecule has 0 aromatic heterocycles. The number of benzene rings is 1. The summed E-state index contributed by atoms with van der Waals surface area (Å²) in [5, 5.41) is 11.5. The van der Waals surface area contributed by atoms with Crippen molar-refractivity contribution in [1.29, 1.82) is 0 Å². The molecule has 0 heterocycles. The van der Waals surface area contributed by atoms with Gasteiger partial charge in [-0.05, 0) is 79.4 Å². The highest BCUT2D eigenvalue weighted by atomic mass is 16.4. The molecule has 4 aliphatic rings. The Hall–Kier alpha value is -1.88. The van der Waals surface area contributed by atoms with Crippen molar-refractivity contribution in [2.75, 3.05) is 5.32 Å². The van der Waals surface area contributed by atoms with E-state index >= 15 is 0 Å². The van der Waals surface area contributed by atoms with Crippen molar-refractivity contribution >= 4 is 17.6 Å². The molecule has 0 aliphatic heterocycles. The number of carbonyl (C=O) groups is 2. The van der Waals surface area contributed by atoms with E-state index < -0.39 is 12.0 Å². The van der Waals surface area contributed by atoms with E-state index in [2.05, 4.69) is 17.4 Å². The summed E-state index contributed by atoms with van der Waals surface area (Å²) in [6.45, 7) is 0. The number of hydrogen-bond donors (Lipinski definition) is 3. The van der Waals surface area contributed by atoms with E-state index in [4.69, 9.17) is 10.8 Å². The molecule has 25 heavy (non-hydrogen) atoms. The van der Waals surface area contributed by atoms with Crippen LogP contribution in [0, 0.1) is 17.8 Å². The van der Waals surface area contributed by atoms with Crippen LogP contribution in [-0.2, 0) is 15.0 Å². The topological polar surface area (TPSA) is 92.4 Å². The van der Waals surface area contributed by atoms with Gasteiger partial charge in [0.2, 0.25) is 5.91 Å². The van der Waals surface area contributed by atoms with Crippen molar-refractivity contribution in [2.24, 2.45) is 23.5 Å². The summed E-state index contributed by atoms with van der Waals surface area (Å²) >= 11 is 0. The van der Waals surface area contributed by atoms with Crippen LogP contribution in [-0.4, -0.2) is 23.0 Å². The maximum absolute atomic E-state index is 11.9. The number of nitrogens with two attached hydrogens (primary N) is 1. The Morgan fingerprint density at radius 1 is 1.08 bits per heavy atom. The molecule has 5 rings (SSSR count). The van der Waals surface area contributed by atoms with Gasteiger partial charge in [-0.2, -0.15) is 0 Å². The van der Waals surface area contributed by atoms with Crippen LogP contribution in [0.3, 0.4) is 0 Å². The molecule has 5 heteroatoms. The van der Waals surface area contributed by atoms with Gasteiger partial charge >= 0.3 is 5.97 Å². The molecule has 0 saturated heterocycles. The van der Waals surface area contributed by atoms with Crippen molar-refractivity contribution in [3.05, 3.63) is 29.8 Å². The molecule has 4 saturated carbocycles. The summed E-state index contributed by atoms with van der Waals surface area (Å²) in [5.41, 5.74) is 7.87. The highest BCUT2D eigenvalue weighted by Gasteiger charge is 2.51. The van der Waals surface area contributed by atoms with Gasteiger partial charge in [-0.15, -0.1) is 0 Å². The molecule has 1 aromatic carbocycles. The first kappa shape index (κ1) is 16.6. The molecule has 4 fully saturated rings. The van der Waals surface area contributed by atoms with Crippen LogP contribution < -0.4 is 11.1 Å². The van der Waals surface area contributed by atoms with E-state index in [9.17, 15) is 9.59 Å². The number of amides is 1. The fourth-order valence-electron chi connectivity index (χ4n) is 5.87. The van der Waals surface area contributed by atoms with Crippen LogP contribution in [0.15, 0.2) is 24.3 Å². The first-order valence-electron chi connectivity index (χ1n) is 9.32. The maximum atomic E-state index is 11.9. The molecule has 5 nitrogen and oxygen atoms in total. The average molecular weight is 342 g/mol. The third kappa shape index (κ3) is 3.17.